The van der Waals surface area contributed by atoms with Crippen LogP contribution in [0.15, 0.2) is 66.7 Å². The molecule has 0 saturated heterocycles. The summed E-state index contributed by atoms with van der Waals surface area (Å²) in [6.07, 6.45) is 0.913. The van der Waals surface area contributed by atoms with Crippen LogP contribution in [0, 0.1) is 0 Å². The lowest BCUT2D eigenvalue weighted by atomic mass is 10.1. The SMILES string of the molecule is O=C(COc1cccc2ccccc12)N1CCc2ccccc21. The standard InChI is InChI=1S/C20H17NO2/c22-20(21-13-12-16-7-2-4-10-18(16)21)14-23-19-11-5-8-15-6-1-3-9-17(15)19/h1-11H,12-14H2. The van der Waals surface area contributed by atoms with E-state index in [1.807, 2.05) is 65.6 Å². The molecular weight excluding hydrogens is 286 g/mol. The summed E-state index contributed by atoms with van der Waals surface area (Å²) in [4.78, 5) is 14.3. The molecule has 3 nitrogen and oxygen atoms in total. The average molecular weight is 303 g/mol. The fraction of sp³-hybridized carbons (Fsp3) is 0.150. The van der Waals surface area contributed by atoms with Gasteiger partial charge in [0.15, 0.2) is 6.61 Å². The third-order valence-corrected chi connectivity index (χ3v) is 4.29. The van der Waals surface area contributed by atoms with E-state index in [-0.39, 0.29) is 12.5 Å². The molecule has 1 aliphatic heterocycles. The van der Waals surface area contributed by atoms with Gasteiger partial charge in [0.1, 0.15) is 5.75 Å². The first-order chi connectivity index (χ1) is 11.3. The number of benzene rings is 3. The maximum atomic E-state index is 12.5. The summed E-state index contributed by atoms with van der Waals surface area (Å²) in [5.41, 5.74) is 2.24. The molecule has 3 aromatic rings. The molecule has 0 aromatic heterocycles. The Morgan fingerprint density at radius 1 is 0.957 bits per heavy atom. The predicted molar refractivity (Wildman–Crippen MR) is 91.9 cm³/mol. The Hall–Kier alpha value is -2.81. The Kier molecular flexibility index (Phi) is 3.46. The molecule has 0 spiro atoms. The molecule has 0 atom stereocenters. The zero-order valence-corrected chi connectivity index (χ0v) is 12.7. The smallest absolute Gasteiger partial charge is 0.264 e. The number of amides is 1. The molecule has 0 saturated carbocycles. The van der Waals surface area contributed by atoms with Crippen molar-refractivity contribution in [2.45, 2.75) is 6.42 Å². The van der Waals surface area contributed by atoms with Gasteiger partial charge in [-0.05, 0) is 29.5 Å². The van der Waals surface area contributed by atoms with Crippen LogP contribution in [0.5, 0.6) is 5.75 Å². The van der Waals surface area contributed by atoms with E-state index in [0.29, 0.717) is 0 Å². The molecule has 0 radical (unpaired) electrons. The van der Waals surface area contributed by atoms with Gasteiger partial charge < -0.3 is 9.64 Å². The number of carbonyl (C=O) groups is 1. The van der Waals surface area contributed by atoms with Crippen molar-refractivity contribution >= 4 is 22.4 Å². The number of nitrogens with zero attached hydrogens (tertiary/aromatic N) is 1. The van der Waals surface area contributed by atoms with Crippen molar-refractivity contribution < 1.29 is 9.53 Å². The van der Waals surface area contributed by atoms with Gasteiger partial charge in [-0.2, -0.15) is 0 Å². The molecule has 114 valence electrons. The van der Waals surface area contributed by atoms with Crippen molar-refractivity contribution in [2.24, 2.45) is 0 Å². The Morgan fingerprint density at radius 3 is 2.70 bits per heavy atom. The maximum absolute atomic E-state index is 12.5. The summed E-state index contributed by atoms with van der Waals surface area (Å²) in [5, 5.41) is 2.15. The van der Waals surface area contributed by atoms with E-state index in [4.69, 9.17) is 4.74 Å². The van der Waals surface area contributed by atoms with Crippen LogP contribution < -0.4 is 9.64 Å². The Morgan fingerprint density at radius 2 is 1.74 bits per heavy atom. The maximum Gasteiger partial charge on any atom is 0.264 e. The van der Waals surface area contributed by atoms with E-state index in [2.05, 4.69) is 6.07 Å². The molecular formula is C20H17NO2. The second kappa shape index (κ2) is 5.76. The molecule has 3 aromatic carbocycles. The van der Waals surface area contributed by atoms with Gasteiger partial charge in [-0.25, -0.2) is 0 Å². The topological polar surface area (TPSA) is 29.5 Å². The van der Waals surface area contributed by atoms with Crippen molar-refractivity contribution in [3.05, 3.63) is 72.3 Å². The number of rotatable bonds is 3. The van der Waals surface area contributed by atoms with Crippen LogP contribution in [0.2, 0.25) is 0 Å². The fourth-order valence-electron chi connectivity index (χ4n) is 3.14. The summed E-state index contributed by atoms with van der Waals surface area (Å²) in [6, 6.07) is 22.0. The highest BCUT2D eigenvalue weighted by molar-refractivity contribution is 5.97. The quantitative estimate of drug-likeness (QED) is 0.736. The third-order valence-electron chi connectivity index (χ3n) is 4.29. The van der Waals surface area contributed by atoms with Crippen LogP contribution in [0.4, 0.5) is 5.69 Å². The number of anilines is 1. The minimum Gasteiger partial charge on any atom is -0.483 e. The summed E-state index contributed by atoms with van der Waals surface area (Å²) in [6.45, 7) is 0.791. The second-order valence-electron chi connectivity index (χ2n) is 5.69. The van der Waals surface area contributed by atoms with Crippen LogP contribution >= 0.6 is 0 Å². The lowest BCUT2D eigenvalue weighted by molar-refractivity contribution is -0.120. The van der Waals surface area contributed by atoms with Crippen LogP contribution in [0.3, 0.4) is 0 Å². The molecule has 0 fully saturated rings. The van der Waals surface area contributed by atoms with Crippen LogP contribution in [-0.4, -0.2) is 19.1 Å². The third kappa shape index (κ3) is 2.55. The molecule has 1 heterocycles. The van der Waals surface area contributed by atoms with Gasteiger partial charge in [0, 0.05) is 17.6 Å². The summed E-state index contributed by atoms with van der Waals surface area (Å²) in [7, 11) is 0. The van der Waals surface area contributed by atoms with Gasteiger partial charge >= 0.3 is 0 Å². The highest BCUT2D eigenvalue weighted by atomic mass is 16.5. The Balaban J connectivity index is 1.52. The minimum atomic E-state index is 0.00267. The molecule has 0 bridgehead atoms. The zero-order chi connectivity index (χ0) is 15.6. The normalized spacial score (nSPS) is 13.1. The number of hydrogen-bond acceptors (Lipinski definition) is 2. The Bertz CT molecular complexity index is 867. The minimum absolute atomic E-state index is 0.00267. The van der Waals surface area contributed by atoms with Crippen molar-refractivity contribution in [3.63, 3.8) is 0 Å². The summed E-state index contributed by atoms with van der Waals surface area (Å²) < 4.78 is 5.82. The molecule has 1 aliphatic rings. The predicted octanol–water partition coefficient (Wildman–Crippen LogP) is 3.81. The first-order valence-electron chi connectivity index (χ1n) is 7.82. The van der Waals surface area contributed by atoms with E-state index >= 15 is 0 Å². The number of ether oxygens (including phenoxy) is 1. The molecule has 1 amide bonds. The van der Waals surface area contributed by atoms with Crippen molar-refractivity contribution in [1.29, 1.82) is 0 Å². The number of para-hydroxylation sites is 1. The molecule has 0 N–H and O–H groups in total. The highest BCUT2D eigenvalue weighted by Crippen LogP contribution is 2.28. The van der Waals surface area contributed by atoms with E-state index in [1.54, 1.807) is 0 Å². The van der Waals surface area contributed by atoms with E-state index in [1.165, 1.54) is 5.56 Å². The lowest BCUT2D eigenvalue weighted by Crippen LogP contribution is -2.33. The van der Waals surface area contributed by atoms with E-state index in [0.717, 1.165) is 35.2 Å². The average Bonchev–Trinajstić information content (AvgIpc) is 3.04. The van der Waals surface area contributed by atoms with Gasteiger partial charge in [-0.3, -0.25) is 4.79 Å². The van der Waals surface area contributed by atoms with Gasteiger partial charge in [0.2, 0.25) is 0 Å². The number of fused-ring (bicyclic) bond motifs is 2. The lowest BCUT2D eigenvalue weighted by Gasteiger charge is -2.18. The second-order valence-corrected chi connectivity index (χ2v) is 5.69. The van der Waals surface area contributed by atoms with E-state index < -0.39 is 0 Å². The summed E-state index contributed by atoms with van der Waals surface area (Å²) >= 11 is 0. The monoisotopic (exact) mass is 303 g/mol. The largest absolute Gasteiger partial charge is 0.483 e. The highest BCUT2D eigenvalue weighted by Gasteiger charge is 2.24. The van der Waals surface area contributed by atoms with Crippen molar-refractivity contribution in [1.82, 2.24) is 0 Å². The molecule has 23 heavy (non-hydrogen) atoms. The Labute approximate surface area is 135 Å². The van der Waals surface area contributed by atoms with Crippen molar-refractivity contribution in [2.75, 3.05) is 18.1 Å². The summed E-state index contributed by atoms with van der Waals surface area (Å²) in [5.74, 6) is 0.756. The van der Waals surface area contributed by atoms with Crippen molar-refractivity contribution in [3.8, 4) is 5.75 Å². The number of hydrogen-bond donors (Lipinski definition) is 0. The van der Waals surface area contributed by atoms with Gasteiger partial charge in [0.25, 0.3) is 5.91 Å². The van der Waals surface area contributed by atoms with Crippen LogP contribution in [0.25, 0.3) is 10.8 Å². The molecule has 3 heteroatoms. The van der Waals surface area contributed by atoms with Crippen LogP contribution in [-0.2, 0) is 11.2 Å². The van der Waals surface area contributed by atoms with Gasteiger partial charge in [-0.15, -0.1) is 0 Å². The first-order valence-corrected chi connectivity index (χ1v) is 7.82. The molecule has 0 aliphatic carbocycles. The van der Waals surface area contributed by atoms with Crippen LogP contribution in [0.1, 0.15) is 5.56 Å². The number of carbonyl (C=O) groups excluding carboxylic acids is 1. The molecule has 4 rings (SSSR count). The van der Waals surface area contributed by atoms with Gasteiger partial charge in [-0.1, -0.05) is 54.6 Å². The molecule has 0 unspecified atom stereocenters. The zero-order valence-electron chi connectivity index (χ0n) is 12.7. The fourth-order valence-corrected chi connectivity index (χ4v) is 3.14. The first kappa shape index (κ1) is 13.8. The van der Waals surface area contributed by atoms with E-state index in [9.17, 15) is 4.79 Å². The van der Waals surface area contributed by atoms with Gasteiger partial charge in [0.05, 0.1) is 0 Å².